The maximum absolute atomic E-state index is 13.3. The Morgan fingerprint density at radius 2 is 0.690 bits per heavy atom. The standard InChI is InChI=1S/C35H21F6N/c36-34(37,38)32-19-31(20-33(21-32)35(39,40)41)26-7-5-24(6-8-26)29-12-10-25-9-11-28(17-30(25)18-29)23-3-1-22(2-4-23)27-13-15-42-16-14-27/h1-21H. The van der Waals surface area contributed by atoms with E-state index in [-0.39, 0.29) is 17.2 Å². The predicted molar refractivity (Wildman–Crippen MR) is 153 cm³/mol. The number of hydrogen-bond donors (Lipinski definition) is 0. The smallest absolute Gasteiger partial charge is 0.265 e. The molecule has 0 aliphatic carbocycles. The zero-order valence-corrected chi connectivity index (χ0v) is 21.8. The average molecular weight is 570 g/mol. The van der Waals surface area contributed by atoms with Gasteiger partial charge in [-0.3, -0.25) is 4.98 Å². The number of hydrogen-bond acceptors (Lipinski definition) is 1. The molecule has 0 N–H and O–H groups in total. The molecule has 6 rings (SSSR count). The Hall–Kier alpha value is -4.91. The molecule has 7 heteroatoms. The van der Waals surface area contributed by atoms with Gasteiger partial charge in [-0.05, 0) is 97.7 Å². The second-order valence-electron chi connectivity index (χ2n) is 9.96. The van der Waals surface area contributed by atoms with E-state index in [0.717, 1.165) is 56.3 Å². The lowest BCUT2D eigenvalue weighted by molar-refractivity contribution is -0.143. The van der Waals surface area contributed by atoms with Crippen molar-refractivity contribution in [2.24, 2.45) is 0 Å². The minimum atomic E-state index is -4.90. The van der Waals surface area contributed by atoms with Crippen LogP contribution in [0, 0.1) is 0 Å². The first kappa shape index (κ1) is 27.3. The summed E-state index contributed by atoms with van der Waals surface area (Å²) in [5.74, 6) is 0. The molecule has 0 amide bonds. The van der Waals surface area contributed by atoms with Gasteiger partial charge < -0.3 is 0 Å². The van der Waals surface area contributed by atoms with E-state index in [0.29, 0.717) is 0 Å². The van der Waals surface area contributed by atoms with E-state index in [4.69, 9.17) is 0 Å². The van der Waals surface area contributed by atoms with Gasteiger partial charge in [0.25, 0.3) is 0 Å². The van der Waals surface area contributed by atoms with Crippen LogP contribution in [0.2, 0.25) is 0 Å². The molecule has 0 fully saturated rings. The maximum atomic E-state index is 13.3. The van der Waals surface area contributed by atoms with E-state index in [9.17, 15) is 26.3 Å². The van der Waals surface area contributed by atoms with Gasteiger partial charge in [0.15, 0.2) is 0 Å². The number of alkyl halides is 6. The van der Waals surface area contributed by atoms with Crippen LogP contribution in [0.15, 0.2) is 128 Å². The van der Waals surface area contributed by atoms with Gasteiger partial charge in [-0.15, -0.1) is 0 Å². The number of rotatable bonds is 4. The van der Waals surface area contributed by atoms with Crippen LogP contribution in [0.1, 0.15) is 11.1 Å². The fourth-order valence-corrected chi connectivity index (χ4v) is 4.98. The molecule has 0 spiro atoms. The highest BCUT2D eigenvalue weighted by molar-refractivity contribution is 5.91. The van der Waals surface area contributed by atoms with Crippen molar-refractivity contribution in [1.82, 2.24) is 4.98 Å². The summed E-state index contributed by atoms with van der Waals surface area (Å²) in [6, 6.07) is 32.4. The third-order valence-corrected chi connectivity index (χ3v) is 7.21. The molecule has 0 aliphatic rings. The molecule has 1 heterocycles. The van der Waals surface area contributed by atoms with Crippen molar-refractivity contribution in [2.75, 3.05) is 0 Å². The number of pyridine rings is 1. The van der Waals surface area contributed by atoms with Crippen molar-refractivity contribution in [3.63, 3.8) is 0 Å². The second kappa shape index (κ2) is 10.5. The van der Waals surface area contributed by atoms with Crippen molar-refractivity contribution in [3.05, 3.63) is 139 Å². The van der Waals surface area contributed by atoms with E-state index in [2.05, 4.69) is 41.4 Å². The number of benzene rings is 5. The van der Waals surface area contributed by atoms with Crippen molar-refractivity contribution < 1.29 is 26.3 Å². The van der Waals surface area contributed by atoms with Crippen LogP contribution in [0.5, 0.6) is 0 Å². The van der Waals surface area contributed by atoms with E-state index in [1.54, 1.807) is 24.5 Å². The topological polar surface area (TPSA) is 12.9 Å². The molecule has 5 aromatic carbocycles. The molecule has 1 aromatic heterocycles. The molecular weight excluding hydrogens is 548 g/mol. The summed E-state index contributed by atoms with van der Waals surface area (Å²) in [6.45, 7) is 0. The average Bonchev–Trinajstić information content (AvgIpc) is 3.00. The molecule has 0 saturated carbocycles. The van der Waals surface area contributed by atoms with Crippen LogP contribution >= 0.6 is 0 Å². The maximum Gasteiger partial charge on any atom is 0.416 e. The number of halogens is 6. The molecule has 42 heavy (non-hydrogen) atoms. The van der Waals surface area contributed by atoms with Crippen molar-refractivity contribution >= 4 is 10.8 Å². The Bertz CT molecular complexity index is 1840. The third kappa shape index (κ3) is 5.63. The normalized spacial score (nSPS) is 12.0. The number of aromatic nitrogens is 1. The highest BCUT2D eigenvalue weighted by atomic mass is 19.4. The van der Waals surface area contributed by atoms with Crippen LogP contribution < -0.4 is 0 Å². The van der Waals surface area contributed by atoms with Gasteiger partial charge in [0, 0.05) is 12.4 Å². The summed E-state index contributed by atoms with van der Waals surface area (Å²) < 4.78 is 79.9. The molecule has 1 nitrogen and oxygen atoms in total. The monoisotopic (exact) mass is 569 g/mol. The minimum Gasteiger partial charge on any atom is -0.265 e. The second-order valence-corrected chi connectivity index (χ2v) is 9.96. The summed E-state index contributed by atoms with van der Waals surface area (Å²) in [5.41, 5.74) is 3.37. The lowest BCUT2D eigenvalue weighted by Gasteiger charge is -2.14. The fraction of sp³-hybridized carbons (Fsp3) is 0.0571. The predicted octanol–water partition coefficient (Wildman–Crippen LogP) is 10.9. The van der Waals surface area contributed by atoms with Gasteiger partial charge in [-0.25, -0.2) is 0 Å². The van der Waals surface area contributed by atoms with Crippen LogP contribution in [0.25, 0.3) is 55.3 Å². The zero-order chi connectivity index (χ0) is 29.5. The molecule has 0 saturated heterocycles. The first-order valence-electron chi connectivity index (χ1n) is 13.0. The lowest BCUT2D eigenvalue weighted by Crippen LogP contribution is -2.11. The van der Waals surface area contributed by atoms with Crippen LogP contribution in [-0.4, -0.2) is 4.98 Å². The molecular formula is C35H21F6N. The van der Waals surface area contributed by atoms with Crippen LogP contribution in [0.3, 0.4) is 0 Å². The van der Waals surface area contributed by atoms with Crippen LogP contribution in [-0.2, 0) is 12.4 Å². The van der Waals surface area contributed by atoms with Crippen molar-refractivity contribution in [2.45, 2.75) is 12.4 Å². The highest BCUT2D eigenvalue weighted by Crippen LogP contribution is 2.39. The van der Waals surface area contributed by atoms with E-state index in [1.807, 2.05) is 36.4 Å². The third-order valence-electron chi connectivity index (χ3n) is 7.21. The molecule has 0 bridgehead atoms. The van der Waals surface area contributed by atoms with Gasteiger partial charge >= 0.3 is 12.4 Å². The summed E-state index contributed by atoms with van der Waals surface area (Å²) in [7, 11) is 0. The van der Waals surface area contributed by atoms with Crippen LogP contribution in [0.4, 0.5) is 26.3 Å². The Labute approximate surface area is 237 Å². The first-order valence-corrected chi connectivity index (χ1v) is 13.0. The molecule has 0 radical (unpaired) electrons. The Kier molecular flexibility index (Phi) is 6.81. The summed E-state index contributed by atoms with van der Waals surface area (Å²) in [6.07, 6.45) is -6.29. The zero-order valence-electron chi connectivity index (χ0n) is 21.8. The van der Waals surface area contributed by atoms with Gasteiger partial charge in [0.05, 0.1) is 11.1 Å². The first-order chi connectivity index (χ1) is 20.0. The summed E-state index contributed by atoms with van der Waals surface area (Å²) in [4.78, 5) is 4.06. The molecule has 208 valence electrons. The Balaban J connectivity index is 1.30. The quantitative estimate of drug-likeness (QED) is 0.193. The highest BCUT2D eigenvalue weighted by Gasteiger charge is 2.37. The van der Waals surface area contributed by atoms with Gasteiger partial charge in [0.1, 0.15) is 0 Å². The van der Waals surface area contributed by atoms with E-state index < -0.39 is 23.5 Å². The number of nitrogens with zero attached hydrogens (tertiary/aromatic N) is 1. The summed E-state index contributed by atoms with van der Waals surface area (Å²) in [5, 5.41) is 2.04. The largest absolute Gasteiger partial charge is 0.416 e. The fourth-order valence-electron chi connectivity index (χ4n) is 4.98. The van der Waals surface area contributed by atoms with Crippen molar-refractivity contribution in [1.29, 1.82) is 0 Å². The molecule has 0 unspecified atom stereocenters. The Morgan fingerprint density at radius 3 is 1.12 bits per heavy atom. The molecule has 6 aromatic rings. The van der Waals surface area contributed by atoms with Crippen molar-refractivity contribution in [3.8, 4) is 44.5 Å². The summed E-state index contributed by atoms with van der Waals surface area (Å²) >= 11 is 0. The SMILES string of the molecule is FC(F)(F)c1cc(-c2ccc(-c3ccc4ccc(-c5ccc(-c6ccncc6)cc5)cc4c3)cc2)cc(C(F)(F)F)c1. The minimum absolute atomic E-state index is 0.135. The lowest BCUT2D eigenvalue weighted by atomic mass is 9.95. The molecule has 0 atom stereocenters. The van der Waals surface area contributed by atoms with E-state index >= 15 is 0 Å². The van der Waals surface area contributed by atoms with Gasteiger partial charge in [0.2, 0.25) is 0 Å². The van der Waals surface area contributed by atoms with E-state index in [1.165, 1.54) is 12.1 Å². The van der Waals surface area contributed by atoms with Gasteiger partial charge in [-0.2, -0.15) is 26.3 Å². The molecule has 0 aliphatic heterocycles. The Morgan fingerprint density at radius 1 is 0.333 bits per heavy atom. The van der Waals surface area contributed by atoms with Gasteiger partial charge in [-0.1, -0.05) is 72.8 Å². The number of fused-ring (bicyclic) bond motifs is 1.